The van der Waals surface area contributed by atoms with Crippen LogP contribution >= 0.6 is 0 Å². The van der Waals surface area contributed by atoms with Crippen molar-refractivity contribution in [2.75, 3.05) is 26.0 Å². The molecule has 0 amide bonds. The van der Waals surface area contributed by atoms with Crippen molar-refractivity contribution in [3.63, 3.8) is 0 Å². The van der Waals surface area contributed by atoms with Gasteiger partial charge in [0.1, 0.15) is 0 Å². The summed E-state index contributed by atoms with van der Waals surface area (Å²) in [7, 11) is -1.72. The van der Waals surface area contributed by atoms with Crippen molar-refractivity contribution in [2.45, 2.75) is 32.3 Å². The van der Waals surface area contributed by atoms with Gasteiger partial charge in [-0.25, -0.2) is 13.1 Å². The van der Waals surface area contributed by atoms with Gasteiger partial charge in [0, 0.05) is 20.3 Å². The van der Waals surface area contributed by atoms with E-state index in [2.05, 4.69) is 4.72 Å². The molecule has 0 saturated carbocycles. The number of aliphatic hydroxyl groups is 1. The highest BCUT2D eigenvalue weighted by atomic mass is 32.2. The van der Waals surface area contributed by atoms with Crippen LogP contribution in [0.4, 0.5) is 0 Å². The lowest BCUT2D eigenvalue weighted by Gasteiger charge is -2.10. The predicted molar refractivity (Wildman–Crippen MR) is 59.2 cm³/mol. The zero-order chi connectivity index (χ0) is 11.7. The molecule has 0 aliphatic heterocycles. The predicted octanol–water partition coefficient (Wildman–Crippen LogP) is 0.103. The van der Waals surface area contributed by atoms with Crippen LogP contribution in [0.15, 0.2) is 0 Å². The highest BCUT2D eigenvalue weighted by Crippen LogP contribution is 1.96. The van der Waals surface area contributed by atoms with Gasteiger partial charge in [-0.1, -0.05) is 13.3 Å². The smallest absolute Gasteiger partial charge is 0.211 e. The molecule has 0 radical (unpaired) electrons. The number of aliphatic hydroxyl groups excluding tert-OH is 1. The third-order valence-electron chi connectivity index (χ3n) is 1.92. The van der Waals surface area contributed by atoms with Crippen LogP contribution in [0.5, 0.6) is 0 Å². The minimum absolute atomic E-state index is 0.0414. The van der Waals surface area contributed by atoms with Crippen LogP contribution in [0.25, 0.3) is 0 Å². The van der Waals surface area contributed by atoms with E-state index in [0.717, 1.165) is 6.42 Å². The van der Waals surface area contributed by atoms with Crippen molar-refractivity contribution in [3.05, 3.63) is 0 Å². The van der Waals surface area contributed by atoms with Gasteiger partial charge in [-0.05, 0) is 12.8 Å². The van der Waals surface area contributed by atoms with Gasteiger partial charge in [-0.3, -0.25) is 0 Å². The van der Waals surface area contributed by atoms with Crippen LogP contribution in [-0.4, -0.2) is 45.6 Å². The third kappa shape index (κ3) is 8.80. The molecule has 92 valence electrons. The molecule has 0 aromatic rings. The molecule has 6 heteroatoms. The van der Waals surface area contributed by atoms with E-state index >= 15 is 0 Å². The Morgan fingerprint density at radius 1 is 1.47 bits per heavy atom. The van der Waals surface area contributed by atoms with E-state index in [9.17, 15) is 13.5 Å². The molecule has 0 bridgehead atoms. The minimum atomic E-state index is -3.26. The summed E-state index contributed by atoms with van der Waals surface area (Å²) in [6.45, 7) is 2.47. The van der Waals surface area contributed by atoms with Crippen molar-refractivity contribution < 1.29 is 18.3 Å². The van der Waals surface area contributed by atoms with Gasteiger partial charge < -0.3 is 9.84 Å². The fourth-order valence-corrected chi connectivity index (χ4v) is 2.21. The van der Waals surface area contributed by atoms with Gasteiger partial charge in [-0.2, -0.15) is 0 Å². The fourth-order valence-electron chi connectivity index (χ4n) is 1.12. The first-order valence-electron chi connectivity index (χ1n) is 5.16. The second-order valence-corrected chi connectivity index (χ2v) is 5.38. The molecule has 0 aromatic carbocycles. The van der Waals surface area contributed by atoms with Gasteiger partial charge in [0.15, 0.2) is 0 Å². The van der Waals surface area contributed by atoms with E-state index < -0.39 is 16.1 Å². The van der Waals surface area contributed by atoms with Crippen molar-refractivity contribution in [1.29, 1.82) is 0 Å². The van der Waals surface area contributed by atoms with Crippen LogP contribution < -0.4 is 4.72 Å². The Balaban J connectivity index is 3.73. The molecular weight excluding hydrogens is 218 g/mol. The summed E-state index contributed by atoms with van der Waals surface area (Å²) >= 11 is 0. The Bertz CT molecular complexity index is 240. The normalized spacial score (nSPS) is 14.1. The first-order chi connectivity index (χ1) is 7.02. The number of rotatable bonds is 9. The van der Waals surface area contributed by atoms with E-state index in [0.29, 0.717) is 19.4 Å². The molecule has 1 unspecified atom stereocenters. The minimum Gasteiger partial charge on any atom is -0.392 e. The molecule has 2 N–H and O–H groups in total. The maximum Gasteiger partial charge on any atom is 0.211 e. The van der Waals surface area contributed by atoms with Crippen LogP contribution in [0.1, 0.15) is 26.2 Å². The standard InChI is InChI=1S/C9H21NO4S/c1-3-5-9(11)8-10-15(12,13)7-4-6-14-2/h9-11H,3-8H2,1-2H3. The Labute approximate surface area is 91.9 Å². The summed E-state index contributed by atoms with van der Waals surface area (Å²) in [5.74, 6) is 0.0414. The summed E-state index contributed by atoms with van der Waals surface area (Å²) < 4.78 is 29.8. The summed E-state index contributed by atoms with van der Waals surface area (Å²) in [5.41, 5.74) is 0. The van der Waals surface area contributed by atoms with Gasteiger partial charge in [-0.15, -0.1) is 0 Å². The SMILES string of the molecule is CCCC(O)CNS(=O)(=O)CCCOC. The van der Waals surface area contributed by atoms with E-state index in [1.54, 1.807) is 0 Å². The van der Waals surface area contributed by atoms with Crippen LogP contribution in [-0.2, 0) is 14.8 Å². The summed E-state index contributed by atoms with van der Waals surface area (Å²) in [6.07, 6.45) is 1.33. The van der Waals surface area contributed by atoms with Crippen molar-refractivity contribution in [1.82, 2.24) is 4.72 Å². The van der Waals surface area contributed by atoms with E-state index in [4.69, 9.17) is 4.74 Å². The molecule has 0 aliphatic rings. The average molecular weight is 239 g/mol. The molecule has 0 spiro atoms. The molecule has 0 rings (SSSR count). The van der Waals surface area contributed by atoms with Crippen LogP contribution in [0.3, 0.4) is 0 Å². The number of hydrogen-bond acceptors (Lipinski definition) is 4. The third-order valence-corrected chi connectivity index (χ3v) is 3.35. The summed E-state index contributed by atoms with van der Waals surface area (Å²) in [5, 5.41) is 9.33. The molecule has 0 fully saturated rings. The lowest BCUT2D eigenvalue weighted by Crippen LogP contribution is -2.33. The van der Waals surface area contributed by atoms with Gasteiger partial charge in [0.25, 0.3) is 0 Å². The number of ether oxygens (including phenoxy) is 1. The second kappa shape index (κ2) is 8.04. The molecule has 5 nitrogen and oxygen atoms in total. The van der Waals surface area contributed by atoms with Crippen molar-refractivity contribution in [2.24, 2.45) is 0 Å². The Morgan fingerprint density at radius 3 is 2.67 bits per heavy atom. The lowest BCUT2D eigenvalue weighted by molar-refractivity contribution is 0.167. The first kappa shape index (κ1) is 14.8. The van der Waals surface area contributed by atoms with Crippen LogP contribution in [0, 0.1) is 0 Å². The monoisotopic (exact) mass is 239 g/mol. The molecule has 0 aromatic heterocycles. The van der Waals surface area contributed by atoms with Crippen LogP contribution in [0.2, 0.25) is 0 Å². The Hall–Kier alpha value is -0.170. The van der Waals surface area contributed by atoms with Crippen molar-refractivity contribution >= 4 is 10.0 Å². The van der Waals surface area contributed by atoms with Gasteiger partial charge in [0.05, 0.1) is 11.9 Å². The molecule has 0 heterocycles. The zero-order valence-corrected chi connectivity index (χ0v) is 10.2. The molecule has 0 saturated heterocycles. The van der Waals surface area contributed by atoms with E-state index in [1.165, 1.54) is 7.11 Å². The maximum absolute atomic E-state index is 11.3. The van der Waals surface area contributed by atoms with E-state index in [-0.39, 0.29) is 12.3 Å². The average Bonchev–Trinajstić information content (AvgIpc) is 2.16. The Kier molecular flexibility index (Phi) is 7.95. The molecule has 0 aliphatic carbocycles. The molecule has 15 heavy (non-hydrogen) atoms. The van der Waals surface area contributed by atoms with Crippen molar-refractivity contribution in [3.8, 4) is 0 Å². The maximum atomic E-state index is 11.3. The Morgan fingerprint density at radius 2 is 2.13 bits per heavy atom. The first-order valence-corrected chi connectivity index (χ1v) is 6.81. The number of nitrogens with one attached hydrogen (secondary N) is 1. The largest absolute Gasteiger partial charge is 0.392 e. The fraction of sp³-hybridized carbons (Fsp3) is 1.00. The lowest BCUT2D eigenvalue weighted by atomic mass is 10.2. The second-order valence-electron chi connectivity index (χ2n) is 3.46. The number of methoxy groups -OCH3 is 1. The topological polar surface area (TPSA) is 75.6 Å². The van der Waals surface area contributed by atoms with E-state index in [1.807, 2.05) is 6.92 Å². The zero-order valence-electron chi connectivity index (χ0n) is 9.40. The quantitative estimate of drug-likeness (QED) is 0.560. The number of hydrogen-bond donors (Lipinski definition) is 2. The summed E-state index contributed by atoms with van der Waals surface area (Å²) in [6, 6.07) is 0. The molecule has 1 atom stereocenters. The highest BCUT2D eigenvalue weighted by Gasteiger charge is 2.11. The summed E-state index contributed by atoms with van der Waals surface area (Å²) in [4.78, 5) is 0. The van der Waals surface area contributed by atoms with Gasteiger partial charge >= 0.3 is 0 Å². The number of sulfonamides is 1. The molecular formula is C9H21NO4S. The van der Waals surface area contributed by atoms with Gasteiger partial charge in [0.2, 0.25) is 10.0 Å². The highest BCUT2D eigenvalue weighted by molar-refractivity contribution is 7.89.